The van der Waals surface area contributed by atoms with Crippen LogP contribution in [0.3, 0.4) is 0 Å². The average Bonchev–Trinajstić information content (AvgIpc) is 3.42. The number of aromatic nitrogens is 6. The number of para-hydroxylation sites is 1. The molecular weight excluding hydrogens is 428 g/mol. The molecule has 1 aromatic carbocycles. The summed E-state index contributed by atoms with van der Waals surface area (Å²) in [7, 11) is -3.64. The highest BCUT2D eigenvalue weighted by Crippen LogP contribution is 2.27. The number of pyridine rings is 1. The number of benzene rings is 1. The molecule has 6 rings (SSSR count). The van der Waals surface area contributed by atoms with Crippen LogP contribution in [-0.2, 0) is 10.0 Å². The van der Waals surface area contributed by atoms with Crippen LogP contribution in [0.2, 0.25) is 0 Å². The number of fused-ring (bicyclic) bond motifs is 4. The number of nitrogens with zero attached hydrogens (tertiary/aromatic N) is 7. The lowest BCUT2D eigenvalue weighted by Crippen LogP contribution is -2.49. The number of hydrogen-bond donors (Lipinski definition) is 1. The van der Waals surface area contributed by atoms with Crippen molar-refractivity contribution in [1.82, 2.24) is 33.9 Å². The number of aromatic amines is 1. The first kappa shape index (κ1) is 19.1. The highest BCUT2D eigenvalue weighted by atomic mass is 32.2. The van der Waals surface area contributed by atoms with Gasteiger partial charge in [0.15, 0.2) is 5.65 Å². The molecule has 0 atom stereocenters. The van der Waals surface area contributed by atoms with Gasteiger partial charge in [-0.1, -0.05) is 12.1 Å². The second kappa shape index (κ2) is 6.97. The van der Waals surface area contributed by atoms with E-state index in [1.165, 1.54) is 10.5 Å². The Morgan fingerprint density at radius 2 is 1.75 bits per heavy atom. The van der Waals surface area contributed by atoms with Crippen LogP contribution >= 0.6 is 0 Å². The zero-order valence-corrected chi connectivity index (χ0v) is 18.1. The molecule has 5 heterocycles. The number of hydrogen-bond acceptors (Lipinski definition) is 7. The summed E-state index contributed by atoms with van der Waals surface area (Å²) in [6.45, 7) is 3.54. The number of piperazine rings is 1. The van der Waals surface area contributed by atoms with Gasteiger partial charge in [0.25, 0.3) is 0 Å². The molecule has 0 spiro atoms. The molecule has 4 aromatic heterocycles. The highest BCUT2D eigenvalue weighted by molar-refractivity contribution is 7.89. The fourth-order valence-corrected chi connectivity index (χ4v) is 5.83. The lowest BCUT2D eigenvalue weighted by Gasteiger charge is -2.34. The van der Waals surface area contributed by atoms with Gasteiger partial charge in [0, 0.05) is 49.3 Å². The van der Waals surface area contributed by atoms with E-state index in [1.807, 2.05) is 31.2 Å². The Morgan fingerprint density at radius 3 is 2.59 bits per heavy atom. The Bertz CT molecular complexity index is 1580. The third kappa shape index (κ3) is 2.85. The zero-order valence-electron chi connectivity index (χ0n) is 17.3. The number of anilines is 1. The average molecular weight is 449 g/mol. The van der Waals surface area contributed by atoms with Crippen molar-refractivity contribution in [2.75, 3.05) is 31.1 Å². The molecule has 11 heteroatoms. The predicted octanol–water partition coefficient (Wildman–Crippen LogP) is 1.97. The largest absolute Gasteiger partial charge is 0.345 e. The Hall–Kier alpha value is -3.57. The van der Waals surface area contributed by atoms with E-state index in [1.54, 1.807) is 22.8 Å². The maximum atomic E-state index is 13.3. The molecule has 0 amide bonds. The maximum absolute atomic E-state index is 13.3. The molecule has 1 fully saturated rings. The van der Waals surface area contributed by atoms with Gasteiger partial charge in [0.2, 0.25) is 16.0 Å². The van der Waals surface area contributed by atoms with Gasteiger partial charge in [-0.3, -0.25) is 0 Å². The predicted molar refractivity (Wildman–Crippen MR) is 120 cm³/mol. The molecule has 1 saturated heterocycles. The van der Waals surface area contributed by atoms with Gasteiger partial charge < -0.3 is 9.88 Å². The van der Waals surface area contributed by atoms with Gasteiger partial charge in [-0.15, -0.1) is 5.10 Å². The highest BCUT2D eigenvalue weighted by Gasteiger charge is 2.32. The van der Waals surface area contributed by atoms with Crippen molar-refractivity contribution in [2.45, 2.75) is 11.8 Å². The number of rotatable bonds is 3. The molecule has 5 aromatic rings. The van der Waals surface area contributed by atoms with Crippen molar-refractivity contribution >= 4 is 43.6 Å². The van der Waals surface area contributed by atoms with Crippen LogP contribution in [0.15, 0.2) is 53.7 Å². The molecule has 1 aliphatic heterocycles. The molecule has 0 saturated carbocycles. The first-order valence-electron chi connectivity index (χ1n) is 10.3. The molecule has 0 unspecified atom stereocenters. The summed E-state index contributed by atoms with van der Waals surface area (Å²) < 4.78 is 29.9. The van der Waals surface area contributed by atoms with Crippen LogP contribution in [0.5, 0.6) is 0 Å². The number of nitrogens with one attached hydrogen (secondary N) is 1. The second-order valence-electron chi connectivity index (χ2n) is 7.77. The number of H-pyrrole nitrogens is 1. The van der Waals surface area contributed by atoms with Crippen molar-refractivity contribution in [1.29, 1.82) is 0 Å². The number of aryl methyl sites for hydroxylation is 1. The van der Waals surface area contributed by atoms with Crippen molar-refractivity contribution in [3.05, 3.63) is 54.6 Å². The van der Waals surface area contributed by atoms with Gasteiger partial charge in [0.1, 0.15) is 16.4 Å². The van der Waals surface area contributed by atoms with Gasteiger partial charge in [0.05, 0.1) is 5.52 Å². The van der Waals surface area contributed by atoms with Crippen molar-refractivity contribution < 1.29 is 8.42 Å². The van der Waals surface area contributed by atoms with Crippen LogP contribution in [0, 0.1) is 6.92 Å². The van der Waals surface area contributed by atoms with Gasteiger partial charge in [-0.05, 0) is 31.2 Å². The zero-order chi connectivity index (χ0) is 21.9. The first-order valence-corrected chi connectivity index (χ1v) is 11.8. The van der Waals surface area contributed by atoms with E-state index in [4.69, 9.17) is 4.98 Å². The molecule has 1 N–H and O–H groups in total. The monoisotopic (exact) mass is 448 g/mol. The summed E-state index contributed by atoms with van der Waals surface area (Å²) in [5.41, 5.74) is 2.15. The topological polar surface area (TPSA) is 112 Å². The summed E-state index contributed by atoms with van der Waals surface area (Å²) in [5.74, 6) is 1.34. The first-order chi connectivity index (χ1) is 15.5. The van der Waals surface area contributed by atoms with E-state index in [0.29, 0.717) is 49.0 Å². The van der Waals surface area contributed by atoms with E-state index >= 15 is 0 Å². The van der Waals surface area contributed by atoms with Crippen LogP contribution in [0.25, 0.3) is 27.6 Å². The van der Waals surface area contributed by atoms with E-state index < -0.39 is 10.0 Å². The molecule has 0 radical (unpaired) electrons. The molecule has 32 heavy (non-hydrogen) atoms. The smallest absolute Gasteiger partial charge is 0.245 e. The van der Waals surface area contributed by atoms with Crippen LogP contribution in [0.4, 0.5) is 5.95 Å². The van der Waals surface area contributed by atoms with E-state index in [-0.39, 0.29) is 4.90 Å². The third-order valence-electron chi connectivity index (χ3n) is 5.82. The van der Waals surface area contributed by atoms with E-state index in [0.717, 1.165) is 16.6 Å². The lowest BCUT2D eigenvalue weighted by molar-refractivity contribution is 0.382. The minimum Gasteiger partial charge on any atom is -0.345 e. The van der Waals surface area contributed by atoms with Crippen molar-refractivity contribution in [2.24, 2.45) is 0 Å². The normalized spacial score (nSPS) is 15.8. The number of sulfonamides is 1. The molecule has 162 valence electrons. The van der Waals surface area contributed by atoms with Crippen LogP contribution in [0.1, 0.15) is 5.82 Å². The lowest BCUT2D eigenvalue weighted by atomic mass is 10.2. The SMILES string of the molecule is Cc1nc2c3ccccc3nc(N3CCN(S(=O)(=O)c4c[nH]c5ncccc45)CC3)n2n1. The molecule has 0 aliphatic carbocycles. The van der Waals surface area contributed by atoms with Crippen LogP contribution in [-0.4, -0.2) is 68.5 Å². The molecule has 1 aliphatic rings. The minimum atomic E-state index is -3.64. The molecule has 10 nitrogen and oxygen atoms in total. The second-order valence-corrected chi connectivity index (χ2v) is 9.67. The Labute approximate surface area is 183 Å². The summed E-state index contributed by atoms with van der Waals surface area (Å²) in [4.78, 5) is 18.9. The summed E-state index contributed by atoms with van der Waals surface area (Å²) in [6.07, 6.45) is 3.16. The molecular formula is C21H20N8O2S. The van der Waals surface area contributed by atoms with Gasteiger partial charge in [-0.2, -0.15) is 8.82 Å². The fourth-order valence-electron chi connectivity index (χ4n) is 4.26. The quantitative estimate of drug-likeness (QED) is 0.449. The standard InChI is InChI=1S/C21H20N8O2S/c1-14-24-20-15-5-2-3-7-17(15)25-21(29(20)26-14)27-9-11-28(12-10-27)32(30,31)18-13-23-19-16(18)6-4-8-22-19/h2-8,13H,9-12H2,1H3,(H,22,23). The van der Waals surface area contributed by atoms with Gasteiger partial charge in [-0.25, -0.2) is 23.4 Å². The van der Waals surface area contributed by atoms with Gasteiger partial charge >= 0.3 is 0 Å². The Balaban J connectivity index is 1.33. The Kier molecular flexibility index (Phi) is 4.17. The van der Waals surface area contributed by atoms with Crippen molar-refractivity contribution in [3.8, 4) is 0 Å². The van der Waals surface area contributed by atoms with Crippen molar-refractivity contribution in [3.63, 3.8) is 0 Å². The van der Waals surface area contributed by atoms with E-state index in [9.17, 15) is 8.42 Å². The fraction of sp³-hybridized carbons (Fsp3) is 0.238. The minimum absolute atomic E-state index is 0.257. The van der Waals surface area contributed by atoms with E-state index in [2.05, 4.69) is 25.0 Å². The summed E-state index contributed by atoms with van der Waals surface area (Å²) >= 11 is 0. The maximum Gasteiger partial charge on any atom is 0.245 e. The summed E-state index contributed by atoms with van der Waals surface area (Å²) in [5, 5.41) is 6.08. The van der Waals surface area contributed by atoms with Crippen LogP contribution < -0.4 is 4.90 Å². The third-order valence-corrected chi connectivity index (χ3v) is 7.76. The summed E-state index contributed by atoms with van der Waals surface area (Å²) in [6, 6.07) is 11.3. The molecule has 0 bridgehead atoms. The Morgan fingerprint density at radius 1 is 0.969 bits per heavy atom.